The zero-order chi connectivity index (χ0) is 13.2. The van der Waals surface area contributed by atoms with Gasteiger partial charge in [-0.15, -0.1) is 0 Å². The molecule has 1 rings (SSSR count). The molecule has 0 aliphatic rings. The van der Waals surface area contributed by atoms with Gasteiger partial charge in [0.15, 0.2) is 5.78 Å². The lowest BCUT2D eigenvalue weighted by molar-refractivity contribution is -0.137. The van der Waals surface area contributed by atoms with Crippen LogP contribution in [-0.2, 0) is 12.6 Å². The van der Waals surface area contributed by atoms with E-state index in [2.05, 4.69) is 0 Å². The highest BCUT2D eigenvalue weighted by atomic mass is 19.4. The van der Waals surface area contributed by atoms with E-state index in [0.29, 0.717) is 12.0 Å². The average molecular weight is 241 g/mol. The predicted molar refractivity (Wildman–Crippen MR) is 55.5 cm³/mol. The van der Waals surface area contributed by atoms with Crippen LogP contribution >= 0.6 is 0 Å². The zero-order valence-corrected chi connectivity index (χ0v) is 9.35. The van der Waals surface area contributed by atoms with Gasteiger partial charge in [0, 0.05) is 5.56 Å². The van der Waals surface area contributed by atoms with E-state index in [9.17, 15) is 18.0 Å². The van der Waals surface area contributed by atoms with Crippen LogP contribution in [0.2, 0.25) is 0 Å². The largest absolute Gasteiger partial charge is 0.417 e. The van der Waals surface area contributed by atoms with Crippen LogP contribution in [0.5, 0.6) is 0 Å². The summed E-state index contributed by atoms with van der Waals surface area (Å²) in [5, 5.41) is 8.77. The number of hydrogen-bond donors (Lipinski definition) is 0. The number of alkyl halides is 3. The van der Waals surface area contributed by atoms with Crippen molar-refractivity contribution in [2.75, 3.05) is 0 Å². The maximum atomic E-state index is 12.7. The summed E-state index contributed by atoms with van der Waals surface area (Å²) >= 11 is 0. The molecule has 0 saturated heterocycles. The third-order valence-corrected chi connectivity index (χ3v) is 2.40. The number of benzene rings is 1. The molecule has 0 saturated carbocycles. The fourth-order valence-electron chi connectivity index (χ4n) is 1.53. The van der Waals surface area contributed by atoms with E-state index >= 15 is 0 Å². The van der Waals surface area contributed by atoms with Crippen LogP contribution in [0.25, 0.3) is 0 Å². The SMILES string of the molecule is CCc1cc(C(C)=O)c(C#N)c(C(F)(F)F)c1. The van der Waals surface area contributed by atoms with Gasteiger partial charge in [0.1, 0.15) is 6.07 Å². The summed E-state index contributed by atoms with van der Waals surface area (Å²) in [6.45, 7) is 2.83. The standard InChI is InChI=1S/C12H10F3NO/c1-3-8-4-9(7(2)17)10(6-16)11(5-8)12(13,14)15/h4-5H,3H2,1-2H3. The first-order valence-corrected chi connectivity index (χ1v) is 4.96. The van der Waals surface area contributed by atoms with Gasteiger partial charge >= 0.3 is 6.18 Å². The molecule has 0 amide bonds. The van der Waals surface area contributed by atoms with E-state index in [4.69, 9.17) is 5.26 Å². The highest BCUT2D eigenvalue weighted by molar-refractivity contribution is 5.97. The maximum absolute atomic E-state index is 12.7. The van der Waals surface area contributed by atoms with Crippen molar-refractivity contribution in [3.63, 3.8) is 0 Å². The van der Waals surface area contributed by atoms with E-state index in [-0.39, 0.29) is 5.56 Å². The molecule has 0 aliphatic heterocycles. The first-order valence-electron chi connectivity index (χ1n) is 4.96. The zero-order valence-electron chi connectivity index (χ0n) is 9.35. The molecular weight excluding hydrogens is 231 g/mol. The van der Waals surface area contributed by atoms with Crippen molar-refractivity contribution < 1.29 is 18.0 Å². The molecule has 0 bridgehead atoms. The molecule has 0 aliphatic carbocycles. The van der Waals surface area contributed by atoms with Crippen LogP contribution in [-0.4, -0.2) is 5.78 Å². The van der Waals surface area contributed by atoms with Crippen LogP contribution in [0.15, 0.2) is 12.1 Å². The minimum absolute atomic E-state index is 0.167. The van der Waals surface area contributed by atoms with E-state index < -0.39 is 23.1 Å². The molecule has 17 heavy (non-hydrogen) atoms. The molecule has 0 atom stereocenters. The molecule has 0 N–H and O–H groups in total. The van der Waals surface area contributed by atoms with Gasteiger partial charge < -0.3 is 0 Å². The summed E-state index contributed by atoms with van der Waals surface area (Å²) in [6, 6.07) is 3.73. The fourth-order valence-corrected chi connectivity index (χ4v) is 1.53. The third-order valence-electron chi connectivity index (χ3n) is 2.40. The van der Waals surface area contributed by atoms with Gasteiger partial charge in [-0.2, -0.15) is 18.4 Å². The number of hydrogen-bond acceptors (Lipinski definition) is 2. The number of halogens is 3. The topological polar surface area (TPSA) is 40.9 Å². The number of carbonyl (C=O) groups excluding carboxylic acids is 1. The van der Waals surface area contributed by atoms with Gasteiger partial charge in [0.05, 0.1) is 11.1 Å². The summed E-state index contributed by atoms with van der Waals surface area (Å²) in [6.07, 6.45) is -4.25. The Bertz CT molecular complexity index is 498. The Labute approximate surface area is 96.7 Å². The number of Topliss-reactive ketones (excluding diaryl/α,β-unsaturated/α-hetero) is 1. The minimum Gasteiger partial charge on any atom is -0.294 e. The van der Waals surface area contributed by atoms with E-state index in [1.165, 1.54) is 12.1 Å². The van der Waals surface area contributed by atoms with Crippen molar-refractivity contribution in [2.24, 2.45) is 0 Å². The molecule has 1 aromatic rings. The lowest BCUT2D eigenvalue weighted by Gasteiger charge is -2.13. The summed E-state index contributed by atoms with van der Waals surface area (Å²) in [4.78, 5) is 11.3. The lowest BCUT2D eigenvalue weighted by Crippen LogP contribution is -2.12. The summed E-state index contributed by atoms with van der Waals surface area (Å²) < 4.78 is 38.2. The normalized spacial score (nSPS) is 11.1. The average Bonchev–Trinajstić information content (AvgIpc) is 2.25. The van der Waals surface area contributed by atoms with Crippen LogP contribution in [0.4, 0.5) is 13.2 Å². The Morgan fingerprint density at radius 3 is 2.35 bits per heavy atom. The molecular formula is C12H10F3NO. The highest BCUT2D eigenvalue weighted by Gasteiger charge is 2.35. The van der Waals surface area contributed by atoms with Gasteiger partial charge in [0.2, 0.25) is 0 Å². The number of carbonyl (C=O) groups is 1. The lowest BCUT2D eigenvalue weighted by atomic mass is 9.95. The van der Waals surface area contributed by atoms with Crippen molar-refractivity contribution in [3.05, 3.63) is 34.4 Å². The molecule has 0 unspecified atom stereocenters. The first-order chi connectivity index (χ1) is 7.81. The second kappa shape index (κ2) is 4.58. The molecule has 2 nitrogen and oxygen atoms in total. The predicted octanol–water partition coefficient (Wildman–Crippen LogP) is 3.34. The van der Waals surface area contributed by atoms with Crippen LogP contribution in [0.1, 0.15) is 40.9 Å². The van der Waals surface area contributed by atoms with Gasteiger partial charge in [-0.05, 0) is 31.0 Å². The highest BCUT2D eigenvalue weighted by Crippen LogP contribution is 2.34. The maximum Gasteiger partial charge on any atom is 0.417 e. The molecule has 1 aromatic carbocycles. The van der Waals surface area contributed by atoms with Crippen molar-refractivity contribution in [1.82, 2.24) is 0 Å². The van der Waals surface area contributed by atoms with Crippen molar-refractivity contribution in [1.29, 1.82) is 5.26 Å². The van der Waals surface area contributed by atoms with Crippen molar-refractivity contribution in [2.45, 2.75) is 26.4 Å². The molecule has 0 aromatic heterocycles. The van der Waals surface area contributed by atoms with E-state index in [0.717, 1.165) is 13.0 Å². The number of nitriles is 1. The quantitative estimate of drug-likeness (QED) is 0.745. The van der Waals surface area contributed by atoms with Gasteiger partial charge in [-0.1, -0.05) is 6.92 Å². The van der Waals surface area contributed by atoms with Gasteiger partial charge in [-0.3, -0.25) is 4.79 Å². The molecule has 90 valence electrons. The number of ketones is 1. The molecule has 5 heteroatoms. The monoisotopic (exact) mass is 241 g/mol. The number of rotatable bonds is 2. The van der Waals surface area contributed by atoms with Gasteiger partial charge in [0.25, 0.3) is 0 Å². The number of nitrogens with zero attached hydrogens (tertiary/aromatic N) is 1. The molecule has 0 radical (unpaired) electrons. The van der Waals surface area contributed by atoms with E-state index in [1.807, 2.05) is 0 Å². The Morgan fingerprint density at radius 2 is 2.00 bits per heavy atom. The second-order valence-electron chi connectivity index (χ2n) is 3.59. The Balaban J connectivity index is 3.64. The smallest absolute Gasteiger partial charge is 0.294 e. The molecule has 0 spiro atoms. The van der Waals surface area contributed by atoms with Crippen LogP contribution in [0, 0.1) is 11.3 Å². The fraction of sp³-hybridized carbons (Fsp3) is 0.333. The Morgan fingerprint density at radius 1 is 1.41 bits per heavy atom. The molecule has 0 heterocycles. The second-order valence-corrected chi connectivity index (χ2v) is 3.59. The van der Waals surface area contributed by atoms with Crippen LogP contribution < -0.4 is 0 Å². The van der Waals surface area contributed by atoms with Crippen LogP contribution in [0.3, 0.4) is 0 Å². The summed E-state index contributed by atoms with van der Waals surface area (Å²) in [5.41, 5.74) is -1.41. The minimum atomic E-state index is -4.62. The van der Waals surface area contributed by atoms with E-state index in [1.54, 1.807) is 6.92 Å². The third kappa shape index (κ3) is 2.64. The van der Waals surface area contributed by atoms with Crippen molar-refractivity contribution in [3.8, 4) is 6.07 Å². The van der Waals surface area contributed by atoms with Gasteiger partial charge in [-0.25, -0.2) is 0 Å². The Hall–Kier alpha value is -1.83. The first kappa shape index (κ1) is 13.2. The summed E-state index contributed by atoms with van der Waals surface area (Å²) in [5.74, 6) is -0.539. The number of aryl methyl sites for hydroxylation is 1. The van der Waals surface area contributed by atoms with Crippen molar-refractivity contribution >= 4 is 5.78 Å². The Kier molecular flexibility index (Phi) is 3.56. The molecule has 0 fully saturated rings. The summed E-state index contributed by atoms with van der Waals surface area (Å²) in [7, 11) is 0.